The minimum absolute atomic E-state index is 0.0731. The zero-order valence-corrected chi connectivity index (χ0v) is 18.7. The van der Waals surface area contributed by atoms with E-state index in [0.29, 0.717) is 52.4 Å². The third kappa shape index (κ3) is 12.9. The first-order valence-corrected chi connectivity index (χ1v) is 10.4. The number of hydrogen-bond donors (Lipinski definition) is 2. The van der Waals surface area contributed by atoms with Crippen LogP contribution in [0.2, 0.25) is 0 Å². The molecule has 0 radical (unpaired) electrons. The summed E-state index contributed by atoms with van der Waals surface area (Å²) in [5.41, 5.74) is -0.598. The van der Waals surface area contributed by atoms with Crippen molar-refractivity contribution in [3.63, 3.8) is 0 Å². The summed E-state index contributed by atoms with van der Waals surface area (Å²) in [5, 5.41) is 27.5. The Balaban J connectivity index is 2.92. The zero-order valence-electron chi connectivity index (χ0n) is 18.7. The van der Waals surface area contributed by atoms with Crippen LogP contribution in [-0.2, 0) is 19.1 Å². The normalized spacial score (nSPS) is 19.0. The first-order chi connectivity index (χ1) is 14.5. The van der Waals surface area contributed by atoms with Crippen LogP contribution >= 0.6 is 0 Å². The van der Waals surface area contributed by atoms with Gasteiger partial charge in [-0.15, -0.1) is 0 Å². The lowest BCUT2D eigenvalue weighted by atomic mass is 10.2. The highest BCUT2D eigenvalue weighted by atomic mass is 16.6. The summed E-state index contributed by atoms with van der Waals surface area (Å²) in [5.74, 6) is -2.27. The van der Waals surface area contributed by atoms with Crippen LogP contribution in [0.25, 0.3) is 0 Å². The molecule has 0 unspecified atom stereocenters. The fraction of sp³-hybridized carbons (Fsp3) is 0.800. The molecule has 0 spiro atoms. The van der Waals surface area contributed by atoms with Crippen molar-refractivity contribution in [3.05, 3.63) is 0 Å². The molecule has 1 fully saturated rings. The van der Waals surface area contributed by atoms with E-state index < -0.39 is 17.5 Å². The van der Waals surface area contributed by atoms with Gasteiger partial charge in [-0.2, -0.15) is 5.26 Å². The molecule has 0 bridgehead atoms. The number of hydrogen-bond acceptors (Lipinski definition) is 9. The fourth-order valence-corrected chi connectivity index (χ4v) is 3.25. The summed E-state index contributed by atoms with van der Waals surface area (Å²) < 4.78 is 5.41. The minimum atomic E-state index is -0.962. The van der Waals surface area contributed by atoms with Crippen LogP contribution in [0.1, 0.15) is 20.8 Å². The lowest BCUT2D eigenvalue weighted by Gasteiger charge is -2.32. The van der Waals surface area contributed by atoms with E-state index in [2.05, 4.69) is 6.07 Å². The van der Waals surface area contributed by atoms with Gasteiger partial charge >= 0.3 is 17.9 Å². The maximum absolute atomic E-state index is 12.3. The van der Waals surface area contributed by atoms with Gasteiger partial charge in [0.2, 0.25) is 0 Å². The van der Waals surface area contributed by atoms with Crippen molar-refractivity contribution < 1.29 is 29.3 Å². The van der Waals surface area contributed by atoms with Gasteiger partial charge < -0.3 is 14.9 Å². The van der Waals surface area contributed by atoms with Crippen molar-refractivity contribution in [2.45, 2.75) is 26.4 Å². The van der Waals surface area contributed by atoms with Crippen molar-refractivity contribution in [1.29, 1.82) is 5.26 Å². The van der Waals surface area contributed by atoms with Crippen LogP contribution in [0.5, 0.6) is 0 Å². The average molecular weight is 442 g/mol. The van der Waals surface area contributed by atoms with Crippen molar-refractivity contribution in [3.8, 4) is 6.07 Å². The van der Waals surface area contributed by atoms with E-state index in [1.165, 1.54) is 0 Å². The number of nitriles is 1. The van der Waals surface area contributed by atoms with Crippen LogP contribution < -0.4 is 0 Å². The van der Waals surface area contributed by atoms with Crippen molar-refractivity contribution in [2.24, 2.45) is 0 Å². The molecular formula is C20H35N5O6. The van der Waals surface area contributed by atoms with E-state index in [1.54, 1.807) is 30.6 Å². The summed E-state index contributed by atoms with van der Waals surface area (Å²) in [6, 6.07) is 2.13. The Morgan fingerprint density at radius 2 is 1.13 bits per heavy atom. The monoisotopic (exact) mass is 441 g/mol. The topological polar surface area (TPSA) is 138 Å². The predicted octanol–water partition coefficient (Wildman–Crippen LogP) is -0.758. The largest absolute Gasteiger partial charge is 0.480 e. The van der Waals surface area contributed by atoms with E-state index in [-0.39, 0.29) is 32.1 Å². The summed E-state index contributed by atoms with van der Waals surface area (Å²) in [6.45, 7) is 8.97. The van der Waals surface area contributed by atoms with Crippen molar-refractivity contribution in [2.75, 3.05) is 78.5 Å². The molecular weight excluding hydrogens is 406 g/mol. The number of rotatable bonds is 7. The summed E-state index contributed by atoms with van der Waals surface area (Å²) in [6.07, 6.45) is 0. The first kappa shape index (κ1) is 26.8. The van der Waals surface area contributed by atoms with Crippen LogP contribution in [0.15, 0.2) is 0 Å². The number of carboxylic acid groups (broad SMARTS) is 2. The molecule has 2 N–H and O–H groups in total. The average Bonchev–Trinajstić information content (AvgIpc) is 2.61. The molecule has 31 heavy (non-hydrogen) atoms. The van der Waals surface area contributed by atoms with Gasteiger partial charge in [-0.3, -0.25) is 34.0 Å². The molecule has 0 aromatic heterocycles. The summed E-state index contributed by atoms with van der Waals surface area (Å²) >= 11 is 0. The van der Waals surface area contributed by atoms with Crippen LogP contribution in [0.3, 0.4) is 0 Å². The van der Waals surface area contributed by atoms with E-state index >= 15 is 0 Å². The van der Waals surface area contributed by atoms with Crippen molar-refractivity contribution >= 4 is 17.9 Å². The molecule has 0 aliphatic carbocycles. The second-order valence-electron chi connectivity index (χ2n) is 8.64. The Morgan fingerprint density at radius 1 is 0.774 bits per heavy atom. The molecule has 0 saturated carbocycles. The van der Waals surface area contributed by atoms with Crippen LogP contribution in [-0.4, -0.2) is 132 Å². The molecule has 1 saturated heterocycles. The van der Waals surface area contributed by atoms with E-state index in [0.717, 1.165) is 0 Å². The molecule has 0 aromatic carbocycles. The molecule has 0 aromatic rings. The lowest BCUT2D eigenvalue weighted by molar-refractivity contribution is -0.156. The molecule has 1 aliphatic heterocycles. The SMILES string of the molecule is CC(C)(C)OC(=O)CN1CCN(CC#N)CCN(CC(=O)O)CCN(CC(=O)O)CC1. The van der Waals surface area contributed by atoms with Gasteiger partial charge in [0.05, 0.1) is 32.2 Å². The second-order valence-corrected chi connectivity index (χ2v) is 8.64. The molecule has 1 rings (SSSR count). The van der Waals surface area contributed by atoms with Gasteiger partial charge in [-0.05, 0) is 20.8 Å². The third-order valence-electron chi connectivity index (χ3n) is 4.71. The molecule has 0 atom stereocenters. The highest BCUT2D eigenvalue weighted by Crippen LogP contribution is 2.08. The molecule has 11 heteroatoms. The van der Waals surface area contributed by atoms with Crippen LogP contribution in [0.4, 0.5) is 0 Å². The number of esters is 1. The Kier molecular flexibility index (Phi) is 11.4. The van der Waals surface area contributed by atoms with E-state index in [9.17, 15) is 19.5 Å². The maximum atomic E-state index is 12.3. The number of aliphatic carboxylic acids is 2. The fourth-order valence-electron chi connectivity index (χ4n) is 3.25. The Bertz CT molecular complexity index is 645. The van der Waals surface area contributed by atoms with Gasteiger partial charge in [0.15, 0.2) is 0 Å². The standard InChI is InChI=1S/C20H35N5O6/c1-20(2,3)31-19(30)16-25-9-7-22(5-4-21)6-8-23(14-17(26)27)10-11-24(12-13-25)15-18(28)29/h5-16H2,1-3H3,(H,26,27)(H,28,29). The summed E-state index contributed by atoms with van der Waals surface area (Å²) in [7, 11) is 0. The molecule has 1 aliphatic rings. The van der Waals surface area contributed by atoms with Crippen molar-refractivity contribution in [1.82, 2.24) is 19.6 Å². The summed E-state index contributed by atoms with van der Waals surface area (Å²) in [4.78, 5) is 42.1. The highest BCUT2D eigenvalue weighted by Gasteiger charge is 2.22. The molecule has 0 amide bonds. The van der Waals surface area contributed by atoms with Gasteiger partial charge in [0.1, 0.15) is 5.60 Å². The van der Waals surface area contributed by atoms with E-state index in [1.807, 2.05) is 9.80 Å². The van der Waals surface area contributed by atoms with Gasteiger partial charge in [-0.1, -0.05) is 0 Å². The Labute approximate surface area is 183 Å². The minimum Gasteiger partial charge on any atom is -0.480 e. The highest BCUT2D eigenvalue weighted by molar-refractivity contribution is 5.72. The number of carboxylic acids is 2. The maximum Gasteiger partial charge on any atom is 0.320 e. The quantitative estimate of drug-likeness (QED) is 0.381. The Hall–Kier alpha value is -2.26. The van der Waals surface area contributed by atoms with Crippen LogP contribution in [0, 0.1) is 11.3 Å². The third-order valence-corrected chi connectivity index (χ3v) is 4.71. The first-order valence-electron chi connectivity index (χ1n) is 10.4. The number of carbonyl (C=O) groups is 3. The van der Waals surface area contributed by atoms with E-state index in [4.69, 9.17) is 15.1 Å². The van der Waals surface area contributed by atoms with Gasteiger partial charge in [-0.25, -0.2) is 0 Å². The number of carbonyl (C=O) groups excluding carboxylic acids is 1. The van der Waals surface area contributed by atoms with Gasteiger partial charge in [0, 0.05) is 52.4 Å². The smallest absolute Gasteiger partial charge is 0.320 e. The number of nitrogens with zero attached hydrogens (tertiary/aromatic N) is 5. The predicted molar refractivity (Wildman–Crippen MR) is 112 cm³/mol. The number of ether oxygens (including phenoxy) is 1. The molecule has 176 valence electrons. The lowest BCUT2D eigenvalue weighted by Crippen LogP contribution is -2.48. The molecule has 11 nitrogen and oxygen atoms in total. The Morgan fingerprint density at radius 3 is 1.45 bits per heavy atom. The molecule has 1 heterocycles. The second kappa shape index (κ2) is 13.2. The zero-order chi connectivity index (χ0) is 23.4. The van der Waals surface area contributed by atoms with Gasteiger partial charge in [0.25, 0.3) is 0 Å².